The van der Waals surface area contributed by atoms with Gasteiger partial charge in [-0.1, -0.05) is 13.8 Å². The molecule has 3 unspecified atom stereocenters. The fourth-order valence-corrected chi connectivity index (χ4v) is 3.37. The summed E-state index contributed by atoms with van der Waals surface area (Å²) in [6, 6.07) is 0.538. The van der Waals surface area contributed by atoms with Crippen LogP contribution in [0.4, 0.5) is 0 Å². The lowest BCUT2D eigenvalue weighted by atomic mass is 9.86. The van der Waals surface area contributed by atoms with Crippen LogP contribution in [0.5, 0.6) is 0 Å². The van der Waals surface area contributed by atoms with Crippen molar-refractivity contribution < 1.29 is 9.90 Å². The second-order valence-corrected chi connectivity index (χ2v) is 6.30. The van der Waals surface area contributed by atoms with Crippen molar-refractivity contribution in [2.45, 2.75) is 39.8 Å². The first kappa shape index (κ1) is 13.5. The lowest BCUT2D eigenvalue weighted by molar-refractivity contribution is 0.0685. The first-order chi connectivity index (χ1) is 8.47. The minimum atomic E-state index is -0.931. The van der Waals surface area contributed by atoms with Gasteiger partial charge in [0.1, 0.15) is 0 Å². The lowest BCUT2D eigenvalue weighted by Gasteiger charge is -2.40. The summed E-state index contributed by atoms with van der Waals surface area (Å²) in [6.45, 7) is 8.66. The molecule has 1 aromatic heterocycles. The molecule has 2 rings (SSSR count). The lowest BCUT2D eigenvalue weighted by Crippen LogP contribution is -2.45. The maximum absolute atomic E-state index is 10.8. The largest absolute Gasteiger partial charge is 0.476 e. The highest BCUT2D eigenvalue weighted by atomic mass is 32.1. The summed E-state index contributed by atoms with van der Waals surface area (Å²) in [5.41, 5.74) is 0.880. The number of thiazole rings is 1. The Morgan fingerprint density at radius 2 is 2.28 bits per heavy atom. The third-order valence-corrected chi connectivity index (χ3v) is 4.70. The standard InChI is InChI=1S/C13H20N2O2S/c1-8-4-9(2)10(3)15(5-8)6-11-7-18-12(14-11)13(16)17/h7-10H,4-6H2,1-3H3,(H,16,17). The van der Waals surface area contributed by atoms with Gasteiger partial charge in [-0.3, -0.25) is 4.90 Å². The quantitative estimate of drug-likeness (QED) is 0.915. The van der Waals surface area contributed by atoms with E-state index in [2.05, 4.69) is 30.7 Å². The van der Waals surface area contributed by atoms with Gasteiger partial charge < -0.3 is 5.11 Å². The Balaban J connectivity index is 2.05. The van der Waals surface area contributed by atoms with Crippen molar-refractivity contribution in [3.8, 4) is 0 Å². The number of aromatic nitrogens is 1. The average molecular weight is 268 g/mol. The van der Waals surface area contributed by atoms with Crippen molar-refractivity contribution in [2.75, 3.05) is 6.54 Å². The van der Waals surface area contributed by atoms with Crippen LogP contribution in [-0.2, 0) is 6.54 Å². The van der Waals surface area contributed by atoms with Crippen LogP contribution in [-0.4, -0.2) is 33.5 Å². The second-order valence-electron chi connectivity index (χ2n) is 5.44. The highest BCUT2D eigenvalue weighted by Crippen LogP contribution is 2.28. The number of carboxylic acids is 1. The molecular weight excluding hydrogens is 248 g/mol. The minimum absolute atomic E-state index is 0.191. The predicted molar refractivity (Wildman–Crippen MR) is 71.9 cm³/mol. The van der Waals surface area contributed by atoms with E-state index < -0.39 is 5.97 Å². The molecule has 5 heteroatoms. The summed E-state index contributed by atoms with van der Waals surface area (Å²) in [4.78, 5) is 17.4. The summed E-state index contributed by atoms with van der Waals surface area (Å²) in [6.07, 6.45) is 1.27. The van der Waals surface area contributed by atoms with Gasteiger partial charge in [0, 0.05) is 24.5 Å². The number of piperidine rings is 1. The molecule has 1 N–H and O–H groups in total. The van der Waals surface area contributed by atoms with Gasteiger partial charge in [0.15, 0.2) is 0 Å². The Labute approximate surface area is 112 Å². The number of aromatic carboxylic acids is 1. The van der Waals surface area contributed by atoms with Gasteiger partial charge in [0.2, 0.25) is 5.01 Å². The van der Waals surface area contributed by atoms with E-state index >= 15 is 0 Å². The van der Waals surface area contributed by atoms with Gasteiger partial charge in [0.05, 0.1) is 5.69 Å². The monoisotopic (exact) mass is 268 g/mol. The number of nitrogens with zero attached hydrogens (tertiary/aromatic N) is 2. The number of carboxylic acid groups (broad SMARTS) is 1. The Morgan fingerprint density at radius 1 is 1.56 bits per heavy atom. The van der Waals surface area contributed by atoms with Crippen molar-refractivity contribution in [3.63, 3.8) is 0 Å². The molecule has 0 aromatic carbocycles. The SMILES string of the molecule is CC1CC(C)C(C)N(Cc2csc(C(=O)O)n2)C1. The molecule has 1 fully saturated rings. The zero-order valence-corrected chi connectivity index (χ0v) is 11.9. The van der Waals surface area contributed by atoms with Crippen LogP contribution in [0.3, 0.4) is 0 Å². The average Bonchev–Trinajstić information content (AvgIpc) is 2.74. The molecule has 0 bridgehead atoms. The molecule has 3 atom stereocenters. The topological polar surface area (TPSA) is 53.4 Å². The van der Waals surface area contributed by atoms with Crippen LogP contribution in [0.25, 0.3) is 0 Å². The molecule has 0 amide bonds. The van der Waals surface area contributed by atoms with Gasteiger partial charge in [-0.15, -0.1) is 11.3 Å². The van der Waals surface area contributed by atoms with Crippen molar-refractivity contribution in [1.82, 2.24) is 9.88 Å². The van der Waals surface area contributed by atoms with E-state index in [1.165, 1.54) is 17.8 Å². The third kappa shape index (κ3) is 2.90. The molecule has 0 aliphatic carbocycles. The van der Waals surface area contributed by atoms with Gasteiger partial charge in [-0.05, 0) is 25.2 Å². The van der Waals surface area contributed by atoms with Crippen molar-refractivity contribution in [2.24, 2.45) is 11.8 Å². The molecule has 1 aromatic rings. The summed E-state index contributed by atoms with van der Waals surface area (Å²) in [5.74, 6) is 0.458. The molecule has 2 heterocycles. The first-order valence-corrected chi connectivity index (χ1v) is 7.27. The summed E-state index contributed by atoms with van der Waals surface area (Å²) >= 11 is 1.21. The molecular formula is C13H20N2O2S. The number of hydrogen-bond donors (Lipinski definition) is 1. The Bertz CT molecular complexity index is 432. The maximum atomic E-state index is 10.8. The maximum Gasteiger partial charge on any atom is 0.365 e. The molecule has 1 saturated heterocycles. The van der Waals surface area contributed by atoms with Crippen LogP contribution in [0, 0.1) is 11.8 Å². The fourth-order valence-electron chi connectivity index (χ4n) is 2.73. The summed E-state index contributed by atoms with van der Waals surface area (Å²) in [5, 5.41) is 10.9. The zero-order chi connectivity index (χ0) is 13.3. The number of hydrogen-bond acceptors (Lipinski definition) is 4. The van der Waals surface area contributed by atoms with Crippen LogP contribution in [0.2, 0.25) is 0 Å². The Morgan fingerprint density at radius 3 is 2.89 bits per heavy atom. The molecule has 100 valence electrons. The predicted octanol–water partition coefficient (Wildman–Crippen LogP) is 2.71. The van der Waals surface area contributed by atoms with Crippen molar-refractivity contribution in [1.29, 1.82) is 0 Å². The Kier molecular flexibility index (Phi) is 4.02. The third-order valence-electron chi connectivity index (χ3n) is 3.82. The van der Waals surface area contributed by atoms with Gasteiger partial charge in [-0.2, -0.15) is 0 Å². The fraction of sp³-hybridized carbons (Fsp3) is 0.692. The molecule has 18 heavy (non-hydrogen) atoms. The van der Waals surface area contributed by atoms with Crippen LogP contribution >= 0.6 is 11.3 Å². The Hall–Kier alpha value is -0.940. The smallest absolute Gasteiger partial charge is 0.365 e. The van der Waals surface area contributed by atoms with E-state index in [-0.39, 0.29) is 5.01 Å². The van der Waals surface area contributed by atoms with Gasteiger partial charge in [-0.25, -0.2) is 9.78 Å². The van der Waals surface area contributed by atoms with E-state index in [0.29, 0.717) is 17.9 Å². The highest BCUT2D eigenvalue weighted by molar-refractivity contribution is 7.11. The van der Waals surface area contributed by atoms with E-state index in [0.717, 1.165) is 18.8 Å². The van der Waals surface area contributed by atoms with E-state index in [1.807, 2.05) is 5.38 Å². The molecule has 0 radical (unpaired) electrons. The molecule has 1 aliphatic rings. The van der Waals surface area contributed by atoms with Crippen LogP contribution in [0.15, 0.2) is 5.38 Å². The van der Waals surface area contributed by atoms with E-state index in [4.69, 9.17) is 5.11 Å². The number of carbonyl (C=O) groups is 1. The van der Waals surface area contributed by atoms with Crippen LogP contribution in [0.1, 0.15) is 42.7 Å². The van der Waals surface area contributed by atoms with Gasteiger partial charge in [0.25, 0.3) is 0 Å². The summed E-state index contributed by atoms with van der Waals surface area (Å²) < 4.78 is 0. The van der Waals surface area contributed by atoms with Crippen molar-refractivity contribution >= 4 is 17.3 Å². The number of likely N-dealkylation sites (tertiary alicyclic amines) is 1. The molecule has 1 aliphatic heterocycles. The second kappa shape index (κ2) is 5.36. The molecule has 0 spiro atoms. The first-order valence-electron chi connectivity index (χ1n) is 6.39. The van der Waals surface area contributed by atoms with E-state index in [1.54, 1.807) is 0 Å². The molecule has 4 nitrogen and oxygen atoms in total. The molecule has 0 saturated carbocycles. The normalized spacial score (nSPS) is 29.4. The van der Waals surface area contributed by atoms with Crippen LogP contribution < -0.4 is 0 Å². The van der Waals surface area contributed by atoms with E-state index in [9.17, 15) is 4.79 Å². The summed E-state index contributed by atoms with van der Waals surface area (Å²) in [7, 11) is 0. The zero-order valence-electron chi connectivity index (χ0n) is 11.1. The van der Waals surface area contributed by atoms with Crippen molar-refractivity contribution in [3.05, 3.63) is 16.1 Å². The highest BCUT2D eigenvalue weighted by Gasteiger charge is 2.29. The minimum Gasteiger partial charge on any atom is -0.476 e. The van der Waals surface area contributed by atoms with Gasteiger partial charge >= 0.3 is 5.97 Å². The number of rotatable bonds is 3.